The Balaban J connectivity index is 1.96. The van der Waals surface area contributed by atoms with Crippen LogP contribution in [0.5, 0.6) is 0 Å². The fourth-order valence-corrected chi connectivity index (χ4v) is 2.04. The van der Waals surface area contributed by atoms with Crippen LogP contribution < -0.4 is 0 Å². The predicted molar refractivity (Wildman–Crippen MR) is 60.3 cm³/mol. The molecule has 0 saturated carbocycles. The standard InChI is InChI=1S/C12H15NO3/c14-13(15)12-3-1-10(2-4-12)9-11-5-7-16-8-6-11/h1-4,11H,5-9H2. The van der Waals surface area contributed by atoms with Crippen LogP contribution in [0.1, 0.15) is 18.4 Å². The molecule has 1 aliphatic rings. The fraction of sp³-hybridized carbons (Fsp3) is 0.500. The van der Waals surface area contributed by atoms with Gasteiger partial charge in [-0.15, -0.1) is 0 Å². The van der Waals surface area contributed by atoms with Crippen LogP contribution in [0.4, 0.5) is 5.69 Å². The second kappa shape index (κ2) is 5.07. The molecule has 1 heterocycles. The van der Waals surface area contributed by atoms with Crippen molar-refractivity contribution in [1.82, 2.24) is 0 Å². The number of hydrogen-bond acceptors (Lipinski definition) is 3. The van der Waals surface area contributed by atoms with Crippen molar-refractivity contribution in [2.24, 2.45) is 5.92 Å². The number of benzene rings is 1. The largest absolute Gasteiger partial charge is 0.381 e. The maximum atomic E-state index is 10.5. The van der Waals surface area contributed by atoms with E-state index in [-0.39, 0.29) is 10.6 Å². The van der Waals surface area contributed by atoms with Crippen LogP contribution in [-0.2, 0) is 11.2 Å². The molecule has 1 aliphatic heterocycles. The first-order chi connectivity index (χ1) is 7.75. The van der Waals surface area contributed by atoms with E-state index < -0.39 is 0 Å². The Hall–Kier alpha value is -1.42. The van der Waals surface area contributed by atoms with Gasteiger partial charge in [-0.2, -0.15) is 0 Å². The van der Waals surface area contributed by atoms with E-state index in [0.717, 1.165) is 32.5 Å². The summed E-state index contributed by atoms with van der Waals surface area (Å²) in [5.41, 5.74) is 1.34. The number of nitro benzene ring substituents is 1. The predicted octanol–water partition coefficient (Wildman–Crippen LogP) is 2.56. The Morgan fingerprint density at radius 3 is 2.44 bits per heavy atom. The molecule has 1 aromatic carbocycles. The average Bonchev–Trinajstić information content (AvgIpc) is 2.31. The van der Waals surface area contributed by atoms with E-state index in [2.05, 4.69) is 0 Å². The van der Waals surface area contributed by atoms with E-state index in [4.69, 9.17) is 4.74 Å². The van der Waals surface area contributed by atoms with Crippen molar-refractivity contribution >= 4 is 5.69 Å². The van der Waals surface area contributed by atoms with E-state index >= 15 is 0 Å². The number of hydrogen-bond donors (Lipinski definition) is 0. The average molecular weight is 221 g/mol. The van der Waals surface area contributed by atoms with Gasteiger partial charge in [0, 0.05) is 25.3 Å². The number of ether oxygens (including phenoxy) is 1. The van der Waals surface area contributed by atoms with Crippen molar-refractivity contribution < 1.29 is 9.66 Å². The van der Waals surface area contributed by atoms with Crippen molar-refractivity contribution in [2.75, 3.05) is 13.2 Å². The summed E-state index contributed by atoms with van der Waals surface area (Å²) in [6.45, 7) is 1.69. The lowest BCUT2D eigenvalue weighted by Crippen LogP contribution is -2.17. The zero-order valence-corrected chi connectivity index (χ0v) is 9.09. The van der Waals surface area contributed by atoms with E-state index in [1.165, 1.54) is 5.56 Å². The van der Waals surface area contributed by atoms with Crippen molar-refractivity contribution in [1.29, 1.82) is 0 Å². The molecule has 4 heteroatoms. The molecular weight excluding hydrogens is 206 g/mol. The van der Waals surface area contributed by atoms with Gasteiger partial charge in [0.05, 0.1) is 4.92 Å². The second-order valence-electron chi connectivity index (χ2n) is 4.18. The van der Waals surface area contributed by atoms with Crippen LogP contribution in [0, 0.1) is 16.0 Å². The molecule has 0 N–H and O–H groups in total. The third kappa shape index (κ3) is 2.79. The molecule has 4 nitrogen and oxygen atoms in total. The highest BCUT2D eigenvalue weighted by atomic mass is 16.6. The van der Waals surface area contributed by atoms with Crippen LogP contribution >= 0.6 is 0 Å². The highest BCUT2D eigenvalue weighted by Gasteiger charge is 2.14. The molecule has 0 unspecified atom stereocenters. The smallest absolute Gasteiger partial charge is 0.269 e. The second-order valence-corrected chi connectivity index (χ2v) is 4.18. The van der Waals surface area contributed by atoms with Gasteiger partial charge < -0.3 is 4.74 Å². The summed E-state index contributed by atoms with van der Waals surface area (Å²) in [7, 11) is 0. The number of rotatable bonds is 3. The Labute approximate surface area is 94.4 Å². The maximum Gasteiger partial charge on any atom is 0.269 e. The molecular formula is C12H15NO3. The van der Waals surface area contributed by atoms with Crippen molar-refractivity contribution in [3.05, 3.63) is 39.9 Å². The fourth-order valence-electron chi connectivity index (χ4n) is 2.04. The number of nitrogens with zero attached hydrogens (tertiary/aromatic N) is 1. The Kier molecular flexibility index (Phi) is 3.51. The highest BCUT2D eigenvalue weighted by Crippen LogP contribution is 2.21. The van der Waals surface area contributed by atoms with Gasteiger partial charge in [-0.05, 0) is 30.7 Å². The summed E-state index contributed by atoms with van der Waals surface area (Å²) in [4.78, 5) is 10.1. The Morgan fingerprint density at radius 1 is 1.25 bits per heavy atom. The normalized spacial score (nSPS) is 17.2. The summed E-state index contributed by atoms with van der Waals surface area (Å²) >= 11 is 0. The van der Waals surface area contributed by atoms with E-state index in [1.54, 1.807) is 12.1 Å². The van der Waals surface area contributed by atoms with Crippen LogP contribution in [0.15, 0.2) is 24.3 Å². The molecule has 0 radical (unpaired) electrons. The number of nitro groups is 1. The van der Waals surface area contributed by atoms with Gasteiger partial charge in [0.2, 0.25) is 0 Å². The van der Waals surface area contributed by atoms with Gasteiger partial charge in [0.15, 0.2) is 0 Å². The lowest BCUT2D eigenvalue weighted by molar-refractivity contribution is -0.384. The molecule has 0 atom stereocenters. The number of non-ortho nitro benzene ring substituents is 1. The molecule has 1 aromatic rings. The summed E-state index contributed by atoms with van der Waals surface area (Å²) in [6, 6.07) is 6.87. The zero-order chi connectivity index (χ0) is 11.4. The first-order valence-corrected chi connectivity index (χ1v) is 5.57. The quantitative estimate of drug-likeness (QED) is 0.582. The van der Waals surface area contributed by atoms with E-state index in [0.29, 0.717) is 5.92 Å². The van der Waals surface area contributed by atoms with Crippen molar-refractivity contribution in [2.45, 2.75) is 19.3 Å². The SMILES string of the molecule is O=[N+]([O-])c1ccc(CC2CCOCC2)cc1. The monoisotopic (exact) mass is 221 g/mol. The van der Waals surface area contributed by atoms with Crippen LogP contribution in [0.2, 0.25) is 0 Å². The van der Waals surface area contributed by atoms with Gasteiger partial charge in [-0.25, -0.2) is 0 Å². The third-order valence-corrected chi connectivity index (χ3v) is 3.01. The Morgan fingerprint density at radius 2 is 1.88 bits per heavy atom. The summed E-state index contributed by atoms with van der Waals surface area (Å²) in [5.74, 6) is 0.662. The molecule has 0 spiro atoms. The minimum absolute atomic E-state index is 0.163. The minimum atomic E-state index is -0.363. The highest BCUT2D eigenvalue weighted by molar-refractivity contribution is 5.33. The molecule has 0 aromatic heterocycles. The van der Waals surface area contributed by atoms with Gasteiger partial charge in [-0.1, -0.05) is 12.1 Å². The molecule has 0 aliphatic carbocycles. The molecule has 0 amide bonds. The third-order valence-electron chi connectivity index (χ3n) is 3.01. The summed E-state index contributed by atoms with van der Waals surface area (Å²) in [6.07, 6.45) is 3.19. The molecule has 0 bridgehead atoms. The van der Waals surface area contributed by atoms with Gasteiger partial charge in [0.1, 0.15) is 0 Å². The van der Waals surface area contributed by atoms with Crippen LogP contribution in [0.3, 0.4) is 0 Å². The summed E-state index contributed by atoms with van der Waals surface area (Å²) < 4.78 is 5.30. The first kappa shape index (κ1) is 11.1. The summed E-state index contributed by atoms with van der Waals surface area (Å²) in [5, 5.41) is 10.5. The minimum Gasteiger partial charge on any atom is -0.381 e. The zero-order valence-electron chi connectivity index (χ0n) is 9.09. The van der Waals surface area contributed by atoms with Gasteiger partial charge in [-0.3, -0.25) is 10.1 Å². The van der Waals surface area contributed by atoms with Crippen LogP contribution in [-0.4, -0.2) is 18.1 Å². The first-order valence-electron chi connectivity index (χ1n) is 5.57. The molecule has 1 saturated heterocycles. The lowest BCUT2D eigenvalue weighted by Gasteiger charge is -2.21. The van der Waals surface area contributed by atoms with Crippen molar-refractivity contribution in [3.8, 4) is 0 Å². The topological polar surface area (TPSA) is 52.4 Å². The molecule has 1 fully saturated rings. The van der Waals surface area contributed by atoms with E-state index in [1.807, 2.05) is 12.1 Å². The van der Waals surface area contributed by atoms with E-state index in [9.17, 15) is 10.1 Å². The lowest BCUT2D eigenvalue weighted by atomic mass is 9.92. The molecule has 86 valence electrons. The van der Waals surface area contributed by atoms with Crippen LogP contribution in [0.25, 0.3) is 0 Å². The van der Waals surface area contributed by atoms with Gasteiger partial charge in [0.25, 0.3) is 5.69 Å². The van der Waals surface area contributed by atoms with Gasteiger partial charge >= 0.3 is 0 Å². The maximum absolute atomic E-state index is 10.5. The molecule has 16 heavy (non-hydrogen) atoms. The Bertz CT molecular complexity index is 355. The van der Waals surface area contributed by atoms with Crippen molar-refractivity contribution in [3.63, 3.8) is 0 Å². The molecule has 2 rings (SSSR count).